The number of nitrogens with two attached hydrogens (primary N) is 1. The lowest BCUT2D eigenvalue weighted by atomic mass is 9.82. The van der Waals surface area contributed by atoms with E-state index < -0.39 is 0 Å². The second-order valence-corrected chi connectivity index (χ2v) is 5.85. The second-order valence-electron chi connectivity index (χ2n) is 5.85. The standard InChI is InChI=1S/C14H28N2O/c1-3-16(9-12-5-4-6-12)14(10-15,11-17-2)13-7-8-13/h12-13H,3-11,15H2,1-2H3. The molecular formula is C14H28N2O. The van der Waals surface area contributed by atoms with Crippen molar-refractivity contribution in [3.05, 3.63) is 0 Å². The van der Waals surface area contributed by atoms with Crippen molar-refractivity contribution in [2.24, 2.45) is 17.6 Å². The van der Waals surface area contributed by atoms with E-state index in [0.29, 0.717) is 0 Å². The third-order valence-corrected chi connectivity index (χ3v) is 4.80. The highest BCUT2D eigenvalue weighted by molar-refractivity contribution is 5.04. The highest BCUT2D eigenvalue weighted by Crippen LogP contribution is 2.44. The molecule has 0 spiro atoms. The van der Waals surface area contributed by atoms with Crippen molar-refractivity contribution in [3.63, 3.8) is 0 Å². The van der Waals surface area contributed by atoms with Crippen LogP contribution < -0.4 is 5.73 Å². The van der Waals surface area contributed by atoms with Crippen LogP contribution in [0.5, 0.6) is 0 Å². The Bertz CT molecular complexity index is 238. The van der Waals surface area contributed by atoms with Crippen LogP contribution in [0.2, 0.25) is 0 Å². The maximum Gasteiger partial charge on any atom is 0.0661 e. The molecule has 0 bridgehead atoms. The Labute approximate surface area is 106 Å². The van der Waals surface area contributed by atoms with Gasteiger partial charge in [-0.25, -0.2) is 0 Å². The summed E-state index contributed by atoms with van der Waals surface area (Å²) in [5, 5.41) is 0. The molecular weight excluding hydrogens is 212 g/mol. The van der Waals surface area contributed by atoms with Gasteiger partial charge in [0, 0.05) is 20.2 Å². The number of hydrogen-bond donors (Lipinski definition) is 1. The van der Waals surface area contributed by atoms with Crippen molar-refractivity contribution in [2.45, 2.75) is 44.6 Å². The smallest absolute Gasteiger partial charge is 0.0661 e. The van der Waals surface area contributed by atoms with Gasteiger partial charge in [0.25, 0.3) is 0 Å². The first-order valence-corrected chi connectivity index (χ1v) is 7.21. The first-order valence-electron chi connectivity index (χ1n) is 7.21. The fourth-order valence-electron chi connectivity index (χ4n) is 3.31. The summed E-state index contributed by atoms with van der Waals surface area (Å²) in [6.45, 7) is 6.14. The second kappa shape index (κ2) is 5.68. The number of rotatable bonds is 8. The van der Waals surface area contributed by atoms with E-state index in [1.807, 2.05) is 7.11 Å². The highest BCUT2D eigenvalue weighted by Gasteiger charge is 2.48. The van der Waals surface area contributed by atoms with E-state index >= 15 is 0 Å². The Morgan fingerprint density at radius 1 is 1.29 bits per heavy atom. The van der Waals surface area contributed by atoms with Crippen molar-refractivity contribution < 1.29 is 4.74 Å². The normalized spacial score (nSPS) is 24.7. The lowest BCUT2D eigenvalue weighted by Crippen LogP contribution is -2.60. The fourth-order valence-corrected chi connectivity index (χ4v) is 3.31. The number of ether oxygens (including phenoxy) is 1. The summed E-state index contributed by atoms with van der Waals surface area (Å²) in [5.41, 5.74) is 6.25. The molecule has 2 N–H and O–H groups in total. The molecule has 0 amide bonds. The van der Waals surface area contributed by atoms with Gasteiger partial charge in [0.05, 0.1) is 12.1 Å². The molecule has 2 aliphatic carbocycles. The first-order chi connectivity index (χ1) is 8.26. The number of likely N-dealkylation sites (N-methyl/N-ethyl adjacent to an activating group) is 1. The molecule has 0 heterocycles. The summed E-state index contributed by atoms with van der Waals surface area (Å²) < 4.78 is 5.49. The maximum absolute atomic E-state index is 6.12. The van der Waals surface area contributed by atoms with Crippen LogP contribution in [0.25, 0.3) is 0 Å². The minimum absolute atomic E-state index is 0.124. The van der Waals surface area contributed by atoms with Gasteiger partial charge in [-0.3, -0.25) is 4.90 Å². The van der Waals surface area contributed by atoms with E-state index in [1.165, 1.54) is 38.6 Å². The third kappa shape index (κ3) is 2.67. The minimum atomic E-state index is 0.124. The first kappa shape index (κ1) is 13.3. The van der Waals surface area contributed by atoms with Crippen molar-refractivity contribution in [2.75, 3.05) is 33.4 Å². The van der Waals surface area contributed by atoms with Gasteiger partial charge >= 0.3 is 0 Å². The summed E-state index contributed by atoms with van der Waals surface area (Å²) in [6.07, 6.45) is 6.92. The maximum atomic E-state index is 6.12. The van der Waals surface area contributed by atoms with Gasteiger partial charge in [-0.05, 0) is 44.1 Å². The van der Waals surface area contributed by atoms with Crippen LogP contribution in [0.4, 0.5) is 0 Å². The van der Waals surface area contributed by atoms with Crippen molar-refractivity contribution in [1.29, 1.82) is 0 Å². The quantitative estimate of drug-likeness (QED) is 0.704. The molecule has 3 nitrogen and oxygen atoms in total. The van der Waals surface area contributed by atoms with Gasteiger partial charge < -0.3 is 10.5 Å². The molecule has 2 rings (SSSR count). The number of methoxy groups -OCH3 is 1. The SMILES string of the molecule is CCN(CC1CCC1)C(CN)(COC)C1CC1. The zero-order valence-corrected chi connectivity index (χ0v) is 11.5. The van der Waals surface area contributed by atoms with Crippen LogP contribution in [0.15, 0.2) is 0 Å². The molecule has 2 aliphatic rings. The topological polar surface area (TPSA) is 38.5 Å². The molecule has 0 aromatic carbocycles. The van der Waals surface area contributed by atoms with Gasteiger partial charge in [0.2, 0.25) is 0 Å². The molecule has 2 fully saturated rings. The van der Waals surface area contributed by atoms with E-state index in [0.717, 1.165) is 31.5 Å². The Hall–Kier alpha value is -0.120. The summed E-state index contributed by atoms with van der Waals surface area (Å²) in [4.78, 5) is 2.62. The van der Waals surface area contributed by atoms with E-state index in [4.69, 9.17) is 10.5 Å². The average Bonchev–Trinajstić information content (AvgIpc) is 3.10. The van der Waals surface area contributed by atoms with Gasteiger partial charge in [-0.15, -0.1) is 0 Å². The van der Waals surface area contributed by atoms with Gasteiger partial charge in [0.1, 0.15) is 0 Å². The average molecular weight is 240 g/mol. The largest absolute Gasteiger partial charge is 0.383 e. The lowest BCUT2D eigenvalue weighted by Gasteiger charge is -2.46. The predicted molar refractivity (Wildman–Crippen MR) is 71.0 cm³/mol. The third-order valence-electron chi connectivity index (χ3n) is 4.80. The molecule has 0 aliphatic heterocycles. The van der Waals surface area contributed by atoms with Crippen molar-refractivity contribution in [3.8, 4) is 0 Å². The molecule has 3 heteroatoms. The van der Waals surface area contributed by atoms with Crippen molar-refractivity contribution >= 4 is 0 Å². The van der Waals surface area contributed by atoms with E-state index in [9.17, 15) is 0 Å². The summed E-state index contributed by atoms with van der Waals surface area (Å²) >= 11 is 0. The molecule has 0 aromatic rings. The molecule has 17 heavy (non-hydrogen) atoms. The molecule has 2 saturated carbocycles. The van der Waals surface area contributed by atoms with E-state index in [2.05, 4.69) is 11.8 Å². The molecule has 1 atom stereocenters. The lowest BCUT2D eigenvalue weighted by molar-refractivity contribution is -0.0133. The Kier molecular flexibility index (Phi) is 4.45. The fraction of sp³-hybridized carbons (Fsp3) is 1.00. The molecule has 0 aromatic heterocycles. The van der Waals surface area contributed by atoms with Crippen LogP contribution in [0, 0.1) is 11.8 Å². The van der Waals surface area contributed by atoms with Gasteiger partial charge in [0.15, 0.2) is 0 Å². The molecule has 100 valence electrons. The zero-order chi connectivity index (χ0) is 12.3. The van der Waals surface area contributed by atoms with Crippen LogP contribution in [-0.2, 0) is 4.74 Å². The Morgan fingerprint density at radius 2 is 2.00 bits per heavy atom. The number of hydrogen-bond acceptors (Lipinski definition) is 3. The minimum Gasteiger partial charge on any atom is -0.383 e. The van der Waals surface area contributed by atoms with Crippen LogP contribution in [-0.4, -0.2) is 43.8 Å². The number of nitrogens with zero attached hydrogens (tertiary/aromatic N) is 1. The summed E-state index contributed by atoms with van der Waals surface area (Å²) in [7, 11) is 1.81. The van der Waals surface area contributed by atoms with Crippen LogP contribution in [0.1, 0.15) is 39.0 Å². The van der Waals surface area contributed by atoms with Crippen LogP contribution in [0.3, 0.4) is 0 Å². The summed E-state index contributed by atoms with van der Waals surface area (Å²) in [6, 6.07) is 0. The van der Waals surface area contributed by atoms with Crippen LogP contribution >= 0.6 is 0 Å². The van der Waals surface area contributed by atoms with E-state index in [-0.39, 0.29) is 5.54 Å². The summed E-state index contributed by atoms with van der Waals surface area (Å²) in [5.74, 6) is 1.68. The molecule has 0 radical (unpaired) electrons. The monoisotopic (exact) mass is 240 g/mol. The molecule has 1 unspecified atom stereocenters. The Morgan fingerprint density at radius 3 is 2.35 bits per heavy atom. The predicted octanol–water partition coefficient (Wildman–Crippen LogP) is 1.86. The Balaban J connectivity index is 2.03. The van der Waals surface area contributed by atoms with Gasteiger partial charge in [-0.1, -0.05) is 13.3 Å². The van der Waals surface area contributed by atoms with Gasteiger partial charge in [-0.2, -0.15) is 0 Å². The van der Waals surface area contributed by atoms with E-state index in [1.54, 1.807) is 0 Å². The van der Waals surface area contributed by atoms with Crippen molar-refractivity contribution in [1.82, 2.24) is 4.90 Å². The molecule has 0 saturated heterocycles. The zero-order valence-electron chi connectivity index (χ0n) is 11.5. The highest BCUT2D eigenvalue weighted by atomic mass is 16.5.